The molecule has 0 radical (unpaired) electrons. The van der Waals surface area contributed by atoms with Crippen molar-refractivity contribution in [3.05, 3.63) is 64.7 Å². The summed E-state index contributed by atoms with van der Waals surface area (Å²) < 4.78 is 38.2. The van der Waals surface area contributed by atoms with Crippen molar-refractivity contribution in [3.8, 4) is 0 Å². The van der Waals surface area contributed by atoms with Gasteiger partial charge in [0.15, 0.2) is 0 Å². The number of nitrogens with one attached hydrogen (secondary N) is 2. The maximum absolute atomic E-state index is 12.7. The third-order valence-corrected chi connectivity index (χ3v) is 5.44. The molecule has 0 aromatic heterocycles. The largest absolute Gasteiger partial charge is 0.481 e. The molecule has 0 bridgehead atoms. The van der Waals surface area contributed by atoms with Gasteiger partial charge >= 0.3 is 12.1 Å². The summed E-state index contributed by atoms with van der Waals surface area (Å²) >= 11 is 5.96. The Labute approximate surface area is 203 Å². The molecule has 186 valence electrons. The van der Waals surface area contributed by atoms with E-state index in [9.17, 15) is 27.6 Å². The van der Waals surface area contributed by atoms with Crippen LogP contribution in [0.1, 0.15) is 30.9 Å². The van der Waals surface area contributed by atoms with Crippen molar-refractivity contribution in [1.82, 2.24) is 10.3 Å². The van der Waals surface area contributed by atoms with Crippen molar-refractivity contribution in [3.63, 3.8) is 0 Å². The van der Waals surface area contributed by atoms with E-state index in [1.54, 1.807) is 31.2 Å². The summed E-state index contributed by atoms with van der Waals surface area (Å²) in [4.78, 5) is 35.7. The molecule has 1 aliphatic rings. The first-order valence-corrected chi connectivity index (χ1v) is 10.8. The molecule has 0 aliphatic carbocycles. The molecule has 3 rings (SSSR count). The fraction of sp³-hybridized carbons (Fsp3) is 0.304. The van der Waals surface area contributed by atoms with Crippen LogP contribution in [0.25, 0.3) is 0 Å². The summed E-state index contributed by atoms with van der Waals surface area (Å²) in [5.74, 6) is -2.12. The van der Waals surface area contributed by atoms with Crippen LogP contribution in [0.2, 0.25) is 5.02 Å². The average molecular weight is 511 g/mol. The summed E-state index contributed by atoms with van der Waals surface area (Å²) in [5, 5.41) is 20.6. The Hall–Kier alpha value is -3.60. The number of carbonyl (C=O) groups is 3. The summed E-state index contributed by atoms with van der Waals surface area (Å²) in [5.41, 5.74) is -0.602. The lowest BCUT2D eigenvalue weighted by Crippen LogP contribution is -2.54. The highest BCUT2D eigenvalue weighted by molar-refractivity contribution is 6.30. The number of carboxylic acid groups (broad SMARTS) is 1. The number of amides is 2. The predicted molar refractivity (Wildman–Crippen MR) is 123 cm³/mol. The van der Waals surface area contributed by atoms with E-state index in [-0.39, 0.29) is 31.6 Å². The second kappa shape index (κ2) is 10.3. The van der Waals surface area contributed by atoms with Crippen molar-refractivity contribution < 1.29 is 32.7 Å². The van der Waals surface area contributed by atoms with Gasteiger partial charge < -0.3 is 15.7 Å². The molecule has 1 atom stereocenters. The number of carbonyl (C=O) groups excluding carboxylic acids is 2. The van der Waals surface area contributed by atoms with Crippen LogP contribution < -0.4 is 10.6 Å². The summed E-state index contributed by atoms with van der Waals surface area (Å²) in [6.45, 7) is 1.57. The Morgan fingerprint density at radius 2 is 1.69 bits per heavy atom. The molecule has 0 spiro atoms. The molecule has 0 fully saturated rings. The van der Waals surface area contributed by atoms with Gasteiger partial charge in [0.2, 0.25) is 11.8 Å². The number of nitrogens with zero attached hydrogens (tertiary/aromatic N) is 2. The van der Waals surface area contributed by atoms with Crippen molar-refractivity contribution in [2.24, 2.45) is 5.10 Å². The number of carboxylic acids is 1. The van der Waals surface area contributed by atoms with Gasteiger partial charge in [-0.15, -0.1) is 0 Å². The fourth-order valence-electron chi connectivity index (χ4n) is 3.60. The lowest BCUT2D eigenvalue weighted by molar-refractivity contribution is -0.139. The van der Waals surface area contributed by atoms with E-state index < -0.39 is 35.1 Å². The van der Waals surface area contributed by atoms with E-state index in [0.717, 1.165) is 24.3 Å². The molecular weight excluding hydrogens is 489 g/mol. The molecule has 2 amide bonds. The number of hydrogen-bond donors (Lipinski definition) is 3. The zero-order valence-corrected chi connectivity index (χ0v) is 19.3. The minimum Gasteiger partial charge on any atom is -0.481 e. The van der Waals surface area contributed by atoms with Gasteiger partial charge in [0.25, 0.3) is 0 Å². The van der Waals surface area contributed by atoms with Gasteiger partial charge in [-0.3, -0.25) is 19.4 Å². The van der Waals surface area contributed by atoms with Gasteiger partial charge in [0, 0.05) is 22.7 Å². The second-order valence-electron chi connectivity index (χ2n) is 8.18. The molecule has 12 heteroatoms. The molecule has 1 aliphatic heterocycles. The first kappa shape index (κ1) is 26.0. The minimum absolute atomic E-state index is 0.101. The van der Waals surface area contributed by atoms with Crippen LogP contribution in [-0.2, 0) is 20.6 Å². The van der Waals surface area contributed by atoms with E-state index in [2.05, 4.69) is 15.7 Å². The van der Waals surface area contributed by atoms with Gasteiger partial charge in [-0.25, -0.2) is 0 Å². The number of halogens is 4. The third kappa shape index (κ3) is 6.95. The van der Waals surface area contributed by atoms with Crippen molar-refractivity contribution >= 4 is 40.8 Å². The van der Waals surface area contributed by atoms with Crippen molar-refractivity contribution in [2.45, 2.75) is 31.5 Å². The second-order valence-corrected chi connectivity index (χ2v) is 8.61. The quantitative estimate of drug-likeness (QED) is 0.501. The van der Waals surface area contributed by atoms with Gasteiger partial charge in [0.1, 0.15) is 12.1 Å². The van der Waals surface area contributed by atoms with Crippen LogP contribution >= 0.6 is 11.6 Å². The van der Waals surface area contributed by atoms with Crippen LogP contribution in [0.5, 0.6) is 0 Å². The van der Waals surface area contributed by atoms with Crippen LogP contribution in [0.3, 0.4) is 0 Å². The molecule has 2 aromatic rings. The molecule has 2 aromatic carbocycles. The fourth-order valence-corrected chi connectivity index (χ4v) is 3.73. The van der Waals surface area contributed by atoms with Crippen molar-refractivity contribution in [1.29, 1.82) is 0 Å². The van der Waals surface area contributed by atoms with Crippen LogP contribution in [-0.4, -0.2) is 52.2 Å². The number of hydrogen-bond acceptors (Lipinski definition) is 5. The molecular formula is C23H22ClF3N4O4. The molecule has 1 heterocycles. The maximum atomic E-state index is 12.7. The van der Waals surface area contributed by atoms with Crippen LogP contribution in [0.15, 0.2) is 53.6 Å². The highest BCUT2D eigenvalue weighted by Crippen LogP contribution is 2.30. The predicted octanol–water partition coefficient (Wildman–Crippen LogP) is 3.76. The number of alkyl halides is 3. The zero-order chi connectivity index (χ0) is 25.8. The van der Waals surface area contributed by atoms with Gasteiger partial charge in [0.05, 0.1) is 24.2 Å². The minimum atomic E-state index is -4.48. The number of benzene rings is 2. The lowest BCUT2D eigenvalue weighted by atomic mass is 9.90. The van der Waals surface area contributed by atoms with E-state index in [1.165, 1.54) is 5.01 Å². The Bertz CT molecular complexity index is 1140. The molecule has 0 saturated carbocycles. The van der Waals surface area contributed by atoms with E-state index in [1.807, 2.05) is 0 Å². The Kier molecular flexibility index (Phi) is 7.69. The molecule has 8 nitrogen and oxygen atoms in total. The monoisotopic (exact) mass is 510 g/mol. The first-order valence-electron chi connectivity index (χ1n) is 10.5. The zero-order valence-electron chi connectivity index (χ0n) is 18.5. The summed E-state index contributed by atoms with van der Waals surface area (Å²) in [7, 11) is 0. The van der Waals surface area contributed by atoms with Crippen molar-refractivity contribution in [2.75, 3.05) is 18.4 Å². The number of aliphatic carboxylic acids is 1. The Morgan fingerprint density at radius 1 is 1.06 bits per heavy atom. The smallest absolute Gasteiger partial charge is 0.416 e. The standard InChI is InChI=1S/C23H22ClF3N4O4/c1-22(29-18(32)10-11-20(34)35)13-31(30-21(22)14-2-6-16(24)7-3-14)12-19(33)28-17-8-4-15(5-9-17)23(25,26)27/h2-9H,10-13H2,1H3,(H,28,33)(H,29,32)(H,34,35). The molecule has 3 N–H and O–H groups in total. The Balaban J connectivity index is 1.74. The SMILES string of the molecule is CC1(NC(=O)CCC(=O)O)CN(CC(=O)Nc2ccc(C(F)(F)F)cc2)N=C1c1ccc(Cl)cc1. The van der Waals surface area contributed by atoms with Gasteiger partial charge in [-0.1, -0.05) is 23.7 Å². The Morgan fingerprint density at radius 3 is 2.26 bits per heavy atom. The van der Waals surface area contributed by atoms with Gasteiger partial charge in [-0.2, -0.15) is 18.3 Å². The molecule has 0 saturated heterocycles. The lowest BCUT2D eigenvalue weighted by Gasteiger charge is -2.28. The molecule has 1 unspecified atom stereocenters. The van der Waals surface area contributed by atoms with Gasteiger partial charge in [-0.05, 0) is 43.3 Å². The maximum Gasteiger partial charge on any atom is 0.416 e. The van der Waals surface area contributed by atoms with E-state index >= 15 is 0 Å². The summed E-state index contributed by atoms with van der Waals surface area (Å²) in [6.07, 6.45) is -5.05. The number of rotatable bonds is 8. The highest BCUT2D eigenvalue weighted by atomic mass is 35.5. The number of anilines is 1. The normalized spacial score (nSPS) is 17.6. The average Bonchev–Trinajstić information content (AvgIpc) is 3.07. The highest BCUT2D eigenvalue weighted by Gasteiger charge is 2.41. The van der Waals surface area contributed by atoms with E-state index in [4.69, 9.17) is 16.7 Å². The topological polar surface area (TPSA) is 111 Å². The molecule has 35 heavy (non-hydrogen) atoms. The van der Waals surface area contributed by atoms with E-state index in [0.29, 0.717) is 16.3 Å². The third-order valence-electron chi connectivity index (χ3n) is 5.18. The van der Waals surface area contributed by atoms with Crippen LogP contribution in [0.4, 0.5) is 18.9 Å². The van der Waals surface area contributed by atoms with Crippen LogP contribution in [0, 0.1) is 0 Å². The first-order chi connectivity index (χ1) is 16.4. The number of hydrazone groups is 1. The summed E-state index contributed by atoms with van der Waals surface area (Å²) in [6, 6.07) is 10.7.